The van der Waals surface area contributed by atoms with Gasteiger partial charge in [-0.25, -0.2) is 9.78 Å². The zero-order valence-electron chi connectivity index (χ0n) is 21.2. The predicted molar refractivity (Wildman–Crippen MR) is 139 cm³/mol. The van der Waals surface area contributed by atoms with Crippen molar-refractivity contribution >= 4 is 17.1 Å². The molecule has 194 valence electrons. The molecule has 0 atom stereocenters. The number of methoxy groups -OCH3 is 1. The maximum absolute atomic E-state index is 13.2. The van der Waals surface area contributed by atoms with Crippen LogP contribution in [0.5, 0.6) is 0 Å². The molecule has 12 nitrogen and oxygen atoms in total. The zero-order chi connectivity index (χ0) is 26.8. The van der Waals surface area contributed by atoms with Crippen molar-refractivity contribution in [3.05, 3.63) is 80.8 Å². The van der Waals surface area contributed by atoms with Crippen LogP contribution in [-0.2, 0) is 36.1 Å². The number of hydrogen-bond donors (Lipinski definition) is 1. The van der Waals surface area contributed by atoms with E-state index in [0.717, 1.165) is 33.2 Å². The van der Waals surface area contributed by atoms with E-state index in [9.17, 15) is 14.4 Å². The number of tetrazole rings is 1. The molecule has 3 aromatic heterocycles. The number of aromatic amines is 1. The minimum atomic E-state index is -0.620. The standard InChI is InChI=1S/C26H26N8O4/c1-4-7-20-27-24-22(25(36)32(2)26(37)34(24)15-21(35)38-3)33(20)14-16-10-12-17(13-11-16)18-8-5-6-9-19(18)23-28-30-31-29-23/h5-6,8-13H,4,7,14-15H2,1-3H3,(H,28,29,30,31). The number of H-pyrrole nitrogens is 1. The number of nitrogens with one attached hydrogen (secondary N) is 1. The van der Waals surface area contributed by atoms with E-state index >= 15 is 0 Å². The van der Waals surface area contributed by atoms with Crippen molar-refractivity contribution in [1.82, 2.24) is 39.3 Å². The number of esters is 1. The van der Waals surface area contributed by atoms with Gasteiger partial charge >= 0.3 is 11.7 Å². The first-order valence-electron chi connectivity index (χ1n) is 12.1. The van der Waals surface area contributed by atoms with Gasteiger partial charge in [0, 0.05) is 25.6 Å². The normalized spacial score (nSPS) is 11.2. The van der Waals surface area contributed by atoms with Crippen LogP contribution in [0.4, 0.5) is 0 Å². The van der Waals surface area contributed by atoms with Gasteiger partial charge in [0.25, 0.3) is 5.56 Å². The molecule has 0 radical (unpaired) electrons. The Labute approximate surface area is 216 Å². The summed E-state index contributed by atoms with van der Waals surface area (Å²) in [5.74, 6) is 0.568. The van der Waals surface area contributed by atoms with Gasteiger partial charge < -0.3 is 9.30 Å². The van der Waals surface area contributed by atoms with Gasteiger partial charge in [0.15, 0.2) is 11.2 Å². The van der Waals surface area contributed by atoms with Gasteiger partial charge in [-0.05, 0) is 28.3 Å². The van der Waals surface area contributed by atoms with E-state index < -0.39 is 17.2 Å². The Kier molecular flexibility index (Phi) is 6.69. The van der Waals surface area contributed by atoms with Gasteiger partial charge in [-0.3, -0.25) is 18.7 Å². The van der Waals surface area contributed by atoms with Crippen molar-refractivity contribution in [3.8, 4) is 22.5 Å². The molecule has 3 heterocycles. The Morgan fingerprint density at radius 2 is 1.76 bits per heavy atom. The molecule has 0 aliphatic rings. The average molecular weight is 515 g/mol. The van der Waals surface area contributed by atoms with Gasteiger partial charge in [-0.1, -0.05) is 55.5 Å². The van der Waals surface area contributed by atoms with E-state index in [4.69, 9.17) is 4.74 Å². The number of hydrogen-bond acceptors (Lipinski definition) is 8. The molecule has 0 amide bonds. The number of rotatable bonds is 8. The SMILES string of the molecule is CCCc1nc2c(c(=O)n(C)c(=O)n2CC(=O)OC)n1Cc1ccc(-c2ccccc2-c2nn[nH]n2)cc1. The first-order valence-corrected chi connectivity index (χ1v) is 12.1. The zero-order valence-corrected chi connectivity index (χ0v) is 21.2. The first kappa shape index (κ1) is 24.8. The number of ether oxygens (including phenoxy) is 1. The molecule has 5 aromatic rings. The smallest absolute Gasteiger partial charge is 0.333 e. The van der Waals surface area contributed by atoms with Crippen molar-refractivity contribution in [2.75, 3.05) is 7.11 Å². The molecule has 38 heavy (non-hydrogen) atoms. The van der Waals surface area contributed by atoms with E-state index in [1.54, 1.807) is 0 Å². The van der Waals surface area contributed by atoms with Crippen LogP contribution in [0.25, 0.3) is 33.7 Å². The maximum atomic E-state index is 13.2. The van der Waals surface area contributed by atoms with Crippen molar-refractivity contribution in [3.63, 3.8) is 0 Å². The van der Waals surface area contributed by atoms with E-state index in [1.807, 2.05) is 60.0 Å². The largest absolute Gasteiger partial charge is 0.468 e. The molecule has 0 aliphatic heterocycles. The second kappa shape index (κ2) is 10.2. The number of nitrogens with zero attached hydrogens (tertiary/aromatic N) is 7. The Hall–Kier alpha value is -4.87. The molecule has 0 fully saturated rings. The fraction of sp³-hybridized carbons (Fsp3) is 0.269. The fourth-order valence-corrected chi connectivity index (χ4v) is 4.50. The number of aryl methyl sites for hydroxylation is 1. The summed E-state index contributed by atoms with van der Waals surface area (Å²) >= 11 is 0. The van der Waals surface area contributed by atoms with Crippen LogP contribution in [0.3, 0.4) is 0 Å². The van der Waals surface area contributed by atoms with Crippen molar-refractivity contribution in [2.45, 2.75) is 32.9 Å². The summed E-state index contributed by atoms with van der Waals surface area (Å²) < 4.78 is 8.77. The fourth-order valence-electron chi connectivity index (χ4n) is 4.50. The van der Waals surface area contributed by atoms with Gasteiger partial charge in [-0.15, -0.1) is 10.2 Å². The molecule has 0 aliphatic carbocycles. The Morgan fingerprint density at radius 3 is 2.42 bits per heavy atom. The lowest BCUT2D eigenvalue weighted by molar-refractivity contribution is -0.141. The lowest BCUT2D eigenvalue weighted by Gasteiger charge is -2.12. The highest BCUT2D eigenvalue weighted by Gasteiger charge is 2.22. The summed E-state index contributed by atoms with van der Waals surface area (Å²) in [7, 11) is 2.64. The lowest BCUT2D eigenvalue weighted by atomic mass is 9.98. The third kappa shape index (κ3) is 4.40. The summed E-state index contributed by atoms with van der Waals surface area (Å²) in [5, 5.41) is 14.4. The first-order chi connectivity index (χ1) is 18.4. The van der Waals surface area contributed by atoms with Crippen LogP contribution in [0.2, 0.25) is 0 Å². The lowest BCUT2D eigenvalue weighted by Crippen LogP contribution is -2.40. The molecule has 0 spiro atoms. The summed E-state index contributed by atoms with van der Waals surface area (Å²) in [6.45, 7) is 2.04. The van der Waals surface area contributed by atoms with Crippen LogP contribution in [0, 0.1) is 0 Å². The van der Waals surface area contributed by atoms with Crippen LogP contribution < -0.4 is 11.2 Å². The van der Waals surface area contributed by atoms with Crippen molar-refractivity contribution in [1.29, 1.82) is 0 Å². The molecular formula is C26H26N8O4. The number of benzene rings is 2. The molecule has 1 N–H and O–H groups in total. The molecule has 5 rings (SSSR count). The van der Waals surface area contributed by atoms with Crippen molar-refractivity contribution in [2.24, 2.45) is 7.05 Å². The highest BCUT2D eigenvalue weighted by atomic mass is 16.5. The highest BCUT2D eigenvalue weighted by Crippen LogP contribution is 2.30. The van der Waals surface area contributed by atoms with Crippen molar-refractivity contribution < 1.29 is 9.53 Å². The molecule has 0 saturated heterocycles. The second-order valence-electron chi connectivity index (χ2n) is 8.82. The average Bonchev–Trinajstić information content (AvgIpc) is 3.59. The van der Waals surface area contributed by atoms with Crippen LogP contribution in [0.1, 0.15) is 24.7 Å². The predicted octanol–water partition coefficient (Wildman–Crippen LogP) is 1.92. The highest BCUT2D eigenvalue weighted by molar-refractivity contribution is 5.80. The van der Waals surface area contributed by atoms with E-state index in [-0.39, 0.29) is 17.7 Å². The molecule has 0 saturated carbocycles. The second-order valence-corrected chi connectivity index (χ2v) is 8.82. The minimum absolute atomic E-state index is 0.178. The molecule has 0 bridgehead atoms. The number of aromatic nitrogens is 8. The Balaban J connectivity index is 1.57. The molecule has 2 aromatic carbocycles. The third-order valence-corrected chi connectivity index (χ3v) is 6.42. The van der Waals surface area contributed by atoms with Gasteiger partial charge in [-0.2, -0.15) is 5.21 Å². The number of carbonyl (C=O) groups excluding carboxylic acids is 1. The maximum Gasteiger partial charge on any atom is 0.333 e. The monoisotopic (exact) mass is 514 g/mol. The molecular weight excluding hydrogens is 488 g/mol. The summed E-state index contributed by atoms with van der Waals surface area (Å²) in [6.07, 6.45) is 1.39. The summed E-state index contributed by atoms with van der Waals surface area (Å²) in [5.41, 5.74) is 3.09. The topological polar surface area (TPSA) is 143 Å². The van der Waals surface area contributed by atoms with Crippen LogP contribution in [-0.4, -0.2) is 52.4 Å². The molecule has 0 unspecified atom stereocenters. The molecule has 12 heteroatoms. The Morgan fingerprint density at radius 1 is 1.03 bits per heavy atom. The summed E-state index contributed by atoms with van der Waals surface area (Å²) in [6, 6.07) is 15.8. The van der Waals surface area contributed by atoms with E-state index in [0.29, 0.717) is 24.6 Å². The quantitative estimate of drug-likeness (QED) is 0.310. The van der Waals surface area contributed by atoms with Crippen LogP contribution in [0.15, 0.2) is 58.1 Å². The van der Waals surface area contributed by atoms with Gasteiger partial charge in [0.05, 0.1) is 7.11 Å². The van der Waals surface area contributed by atoms with E-state index in [1.165, 1.54) is 18.7 Å². The van der Waals surface area contributed by atoms with E-state index in [2.05, 4.69) is 25.6 Å². The van der Waals surface area contributed by atoms with Crippen LogP contribution >= 0.6 is 0 Å². The Bertz CT molecular complexity index is 1730. The minimum Gasteiger partial charge on any atom is -0.468 e. The number of imidazole rings is 1. The van der Waals surface area contributed by atoms with Gasteiger partial charge in [0.1, 0.15) is 12.4 Å². The summed E-state index contributed by atoms with van der Waals surface area (Å²) in [4.78, 5) is 42.7. The third-order valence-electron chi connectivity index (χ3n) is 6.42. The van der Waals surface area contributed by atoms with Gasteiger partial charge in [0.2, 0.25) is 5.82 Å². The number of carbonyl (C=O) groups is 1. The number of fused-ring (bicyclic) bond motifs is 1.